The summed E-state index contributed by atoms with van der Waals surface area (Å²) >= 11 is 0. The summed E-state index contributed by atoms with van der Waals surface area (Å²) < 4.78 is 35.8. The smallest absolute Gasteiger partial charge is 0.387 e. The number of nitrogen functional groups attached to an aromatic ring is 1. The summed E-state index contributed by atoms with van der Waals surface area (Å²) in [6.07, 6.45) is -4.93. The number of hydrogen-bond acceptors (Lipinski definition) is 10. The molecule has 0 radical (unpaired) electrons. The van der Waals surface area contributed by atoms with Gasteiger partial charge in [-0.1, -0.05) is 0 Å². The molecule has 2 rings (SSSR count). The van der Waals surface area contributed by atoms with Gasteiger partial charge in [0.25, 0.3) is 0 Å². The van der Waals surface area contributed by atoms with E-state index in [1.807, 2.05) is 0 Å². The Hall–Kier alpha value is -1.18. The van der Waals surface area contributed by atoms with Crippen LogP contribution >= 0.6 is 15.6 Å². The number of ether oxygens (including phenoxy) is 1. The van der Waals surface area contributed by atoms with E-state index in [0.717, 1.165) is 10.8 Å². The Balaban J connectivity index is 2.08. The number of hydrogen-bond donors (Lipinski definition) is 6. The van der Waals surface area contributed by atoms with Crippen LogP contribution in [0, 0.1) is 0 Å². The van der Waals surface area contributed by atoms with Crippen molar-refractivity contribution in [3.63, 3.8) is 0 Å². The first-order valence-electron chi connectivity index (χ1n) is 6.50. The molecule has 1 aromatic rings. The molecule has 0 saturated carbocycles. The molecule has 0 aromatic carbocycles. The molecule has 3 unspecified atom stereocenters. The maximum absolute atomic E-state index is 11.7. The molecule has 1 aliphatic rings. The van der Waals surface area contributed by atoms with E-state index in [-0.39, 0.29) is 5.82 Å². The first-order chi connectivity index (χ1) is 11.4. The van der Waals surface area contributed by atoms with E-state index in [0.29, 0.717) is 0 Å². The molecule has 5 atom stereocenters. The van der Waals surface area contributed by atoms with Crippen molar-refractivity contribution in [2.45, 2.75) is 24.5 Å². The zero-order valence-electron chi connectivity index (χ0n) is 12.2. The maximum atomic E-state index is 11.7. The largest absolute Gasteiger partial charge is 0.481 e. The normalized spacial score (nSPS) is 29.5. The number of nitrogens with zero attached hydrogens (tertiary/aromatic N) is 2. The average molecular weight is 403 g/mol. The topological polar surface area (TPSA) is 224 Å². The summed E-state index contributed by atoms with van der Waals surface area (Å²) in [5.41, 5.74) is 4.45. The first kappa shape index (κ1) is 20.1. The fraction of sp³-hybridized carbons (Fsp3) is 0.556. The lowest BCUT2D eigenvalue weighted by Crippen LogP contribution is -2.36. The number of nitrogens with two attached hydrogens (primary N) is 1. The summed E-state index contributed by atoms with van der Waals surface area (Å²) in [7, 11) is -10.5. The number of phosphoric acid groups is 2. The summed E-state index contributed by atoms with van der Waals surface area (Å²) in [5.74, 6) is -0.0787. The molecule has 1 aliphatic heterocycles. The quantitative estimate of drug-likeness (QED) is 0.274. The molecule has 2 heterocycles. The van der Waals surface area contributed by atoms with Crippen LogP contribution < -0.4 is 11.4 Å². The Morgan fingerprint density at radius 1 is 1.28 bits per heavy atom. The van der Waals surface area contributed by atoms with E-state index in [4.69, 9.17) is 25.2 Å². The van der Waals surface area contributed by atoms with Crippen LogP contribution in [-0.4, -0.2) is 59.4 Å². The van der Waals surface area contributed by atoms with Crippen LogP contribution in [-0.2, 0) is 22.7 Å². The minimum Gasteiger partial charge on any atom is -0.387 e. The van der Waals surface area contributed by atoms with Crippen LogP contribution in [0.2, 0.25) is 0 Å². The van der Waals surface area contributed by atoms with Gasteiger partial charge in [-0.25, -0.2) is 13.9 Å². The molecule has 0 spiro atoms. The minimum absolute atomic E-state index is 0.0787. The molecule has 25 heavy (non-hydrogen) atoms. The monoisotopic (exact) mass is 403 g/mol. The Morgan fingerprint density at radius 2 is 1.92 bits per heavy atom. The van der Waals surface area contributed by atoms with Gasteiger partial charge in [-0.15, -0.1) is 0 Å². The number of aliphatic hydroxyl groups is 2. The first-order valence-corrected chi connectivity index (χ1v) is 9.53. The number of rotatable bonds is 6. The second kappa shape index (κ2) is 7.21. The Kier molecular flexibility index (Phi) is 5.81. The molecular formula is C9H15N3O11P2. The standard InChI is InChI=1S/C9H15N3O11P2/c10-5-1-2-12(9(15)11-5)8-7(14)6(13)4(22-8)3-21-25(19,20)23-24(16,17)18/h1-2,4,6-8,13-14H,3H2,(H,19,20)(H2,10,11,15)(H2,16,17,18)/t4-,6?,7?,8-/m1/s1. The van der Waals surface area contributed by atoms with Gasteiger partial charge in [-0.2, -0.15) is 9.29 Å². The summed E-state index contributed by atoms with van der Waals surface area (Å²) in [6.45, 7) is -0.875. The van der Waals surface area contributed by atoms with Crippen LogP contribution in [0.3, 0.4) is 0 Å². The van der Waals surface area contributed by atoms with Gasteiger partial charge in [0.2, 0.25) is 0 Å². The molecule has 1 fully saturated rings. The molecule has 0 bridgehead atoms. The van der Waals surface area contributed by atoms with Crippen molar-refractivity contribution < 1.29 is 47.6 Å². The van der Waals surface area contributed by atoms with Gasteiger partial charge in [-0.05, 0) is 6.07 Å². The highest BCUT2D eigenvalue weighted by atomic mass is 31.3. The molecule has 0 aliphatic carbocycles. The summed E-state index contributed by atoms with van der Waals surface area (Å²) in [5, 5.41) is 19.8. The number of phosphoric ester groups is 1. The summed E-state index contributed by atoms with van der Waals surface area (Å²) in [4.78, 5) is 41.3. The third kappa shape index (κ3) is 5.15. The van der Waals surface area contributed by atoms with Gasteiger partial charge in [0.1, 0.15) is 24.1 Å². The second-order valence-corrected chi connectivity index (χ2v) is 7.75. The zero-order chi connectivity index (χ0) is 19.0. The lowest BCUT2D eigenvalue weighted by atomic mass is 10.1. The average Bonchev–Trinajstić information content (AvgIpc) is 2.71. The van der Waals surface area contributed by atoms with E-state index >= 15 is 0 Å². The van der Waals surface area contributed by atoms with Crippen molar-refractivity contribution in [1.29, 1.82) is 0 Å². The molecule has 1 aromatic heterocycles. The SMILES string of the molecule is Nc1ccn([C@@H]2O[C@H](COP(=O)(O)OP(=O)(O)O)C(O)C2O)c(=O)n1. The van der Waals surface area contributed by atoms with Crippen molar-refractivity contribution in [2.24, 2.45) is 0 Å². The second-order valence-electron chi connectivity index (χ2n) is 4.93. The van der Waals surface area contributed by atoms with Crippen molar-refractivity contribution in [3.8, 4) is 0 Å². The molecule has 14 nitrogen and oxygen atoms in total. The Labute approximate surface area is 139 Å². The minimum atomic E-state index is -5.30. The van der Waals surface area contributed by atoms with Gasteiger partial charge in [0, 0.05) is 6.20 Å². The number of aliphatic hydroxyl groups excluding tert-OH is 2. The van der Waals surface area contributed by atoms with Crippen LogP contribution in [0.25, 0.3) is 0 Å². The van der Waals surface area contributed by atoms with Gasteiger partial charge in [0.15, 0.2) is 6.23 Å². The van der Waals surface area contributed by atoms with E-state index in [9.17, 15) is 24.1 Å². The molecule has 16 heteroatoms. The van der Waals surface area contributed by atoms with E-state index in [1.54, 1.807) is 0 Å². The predicted molar refractivity (Wildman–Crippen MR) is 77.7 cm³/mol. The Bertz CT molecular complexity index is 778. The van der Waals surface area contributed by atoms with Gasteiger partial charge in [0.05, 0.1) is 6.61 Å². The highest BCUT2D eigenvalue weighted by Crippen LogP contribution is 2.57. The fourth-order valence-corrected chi connectivity index (χ4v) is 3.64. The molecule has 142 valence electrons. The zero-order valence-corrected chi connectivity index (χ0v) is 14.0. The van der Waals surface area contributed by atoms with Gasteiger partial charge in [-0.3, -0.25) is 9.09 Å². The molecule has 0 amide bonds. The van der Waals surface area contributed by atoms with Crippen LogP contribution in [0.15, 0.2) is 17.1 Å². The highest BCUT2D eigenvalue weighted by Gasteiger charge is 2.45. The predicted octanol–water partition coefficient (Wildman–Crippen LogP) is -2.33. The lowest BCUT2D eigenvalue weighted by Gasteiger charge is -2.17. The van der Waals surface area contributed by atoms with E-state index in [1.165, 1.54) is 6.07 Å². The van der Waals surface area contributed by atoms with Crippen LogP contribution in [0.4, 0.5) is 5.82 Å². The number of anilines is 1. The molecule has 7 N–H and O–H groups in total. The van der Waals surface area contributed by atoms with E-state index in [2.05, 4.69) is 13.8 Å². The molecular weight excluding hydrogens is 388 g/mol. The highest BCUT2D eigenvalue weighted by molar-refractivity contribution is 7.60. The van der Waals surface area contributed by atoms with Crippen molar-refractivity contribution in [1.82, 2.24) is 9.55 Å². The fourth-order valence-electron chi connectivity index (χ4n) is 2.04. The van der Waals surface area contributed by atoms with Gasteiger partial charge >= 0.3 is 21.3 Å². The summed E-state index contributed by atoms with van der Waals surface area (Å²) in [6, 6.07) is 1.24. The van der Waals surface area contributed by atoms with Gasteiger partial charge < -0.3 is 35.4 Å². The molecule has 1 saturated heterocycles. The maximum Gasteiger partial charge on any atom is 0.481 e. The van der Waals surface area contributed by atoms with Crippen molar-refractivity contribution in [2.75, 3.05) is 12.3 Å². The lowest BCUT2D eigenvalue weighted by molar-refractivity contribution is -0.0541. The van der Waals surface area contributed by atoms with Crippen molar-refractivity contribution >= 4 is 21.5 Å². The number of aromatic nitrogens is 2. The van der Waals surface area contributed by atoms with E-state index < -0.39 is 52.5 Å². The third-order valence-corrected chi connectivity index (χ3v) is 5.23. The third-order valence-electron chi connectivity index (χ3n) is 3.07. The van der Waals surface area contributed by atoms with Crippen LogP contribution in [0.5, 0.6) is 0 Å². The Morgan fingerprint density at radius 3 is 2.48 bits per heavy atom. The van der Waals surface area contributed by atoms with Crippen molar-refractivity contribution in [3.05, 3.63) is 22.7 Å². The van der Waals surface area contributed by atoms with Crippen LogP contribution in [0.1, 0.15) is 6.23 Å².